The maximum Gasteiger partial charge on any atom is 0.410 e. The van der Waals surface area contributed by atoms with Gasteiger partial charge in [0.2, 0.25) is 0 Å². The van der Waals surface area contributed by atoms with Crippen LogP contribution in [0.15, 0.2) is 6.20 Å². The third-order valence-electron chi connectivity index (χ3n) is 8.22. The molecule has 6 heterocycles. The number of aromatic nitrogens is 3. The van der Waals surface area contributed by atoms with Gasteiger partial charge in [-0.3, -0.25) is 9.80 Å². The normalized spacial score (nSPS) is 29.3. The smallest absolute Gasteiger partial charge is 0.410 e. The number of piperazine rings is 1. The van der Waals surface area contributed by atoms with E-state index in [9.17, 15) is 9.18 Å². The van der Waals surface area contributed by atoms with Crippen LogP contribution in [0.2, 0.25) is 5.15 Å². The van der Waals surface area contributed by atoms with E-state index in [4.69, 9.17) is 26.1 Å². The number of carbonyl (C=O) groups excluding carboxylic acids is 1. The Labute approximate surface area is 225 Å². The van der Waals surface area contributed by atoms with E-state index in [1.807, 2.05) is 30.6 Å². The fourth-order valence-electron chi connectivity index (χ4n) is 6.64. The van der Waals surface area contributed by atoms with Gasteiger partial charge in [-0.15, -0.1) is 0 Å². The van der Waals surface area contributed by atoms with Crippen LogP contribution in [0.1, 0.15) is 52.9 Å². The van der Waals surface area contributed by atoms with Crippen molar-refractivity contribution < 1.29 is 23.0 Å². The summed E-state index contributed by atoms with van der Waals surface area (Å²) in [6, 6.07) is -0.0953. The maximum absolute atomic E-state index is 15.1. The maximum atomic E-state index is 15.1. The minimum Gasteiger partial charge on any atom is -0.461 e. The number of carbonyl (C=O) groups is 1. The molecule has 0 N–H and O–H groups in total. The van der Waals surface area contributed by atoms with Crippen molar-refractivity contribution in [3.8, 4) is 6.01 Å². The first-order chi connectivity index (χ1) is 18.0. The average Bonchev–Trinajstić information content (AvgIpc) is 3.46. The number of rotatable bonds is 4. The summed E-state index contributed by atoms with van der Waals surface area (Å²) in [5, 5.41) is 0.147. The standard InChI is InChI=1S/C26H33ClF2N6O3/c1-25(2,3)38-24(36)35-16-5-6-17(35)13-33(12-16)22-18-10-30-21(27)19(29)20(18)31-23(32-22)37-14-26-7-4-8-34(26)11-15(28)9-26/h10,15-17H,4-9,11-14H2,1-3H3/t15-,16?,17?,26?/m0/s1. The van der Waals surface area contributed by atoms with Gasteiger partial charge >= 0.3 is 12.1 Å². The molecule has 0 aromatic carbocycles. The van der Waals surface area contributed by atoms with Gasteiger partial charge in [0.25, 0.3) is 0 Å². The molecule has 6 rings (SSSR count). The molecule has 0 spiro atoms. The molecule has 1 amide bonds. The SMILES string of the molecule is CC(C)(C)OC(=O)N1C2CCC1CN(c1nc(OCC34CCCN3C[C@@H](F)C4)nc3c(F)c(Cl)ncc13)C2. The van der Waals surface area contributed by atoms with Gasteiger partial charge in [-0.1, -0.05) is 11.6 Å². The molecule has 4 aliphatic rings. The zero-order valence-electron chi connectivity index (χ0n) is 21.9. The predicted molar refractivity (Wildman–Crippen MR) is 138 cm³/mol. The van der Waals surface area contributed by atoms with Crippen molar-refractivity contribution in [3.05, 3.63) is 17.2 Å². The highest BCUT2D eigenvalue weighted by atomic mass is 35.5. The number of amides is 1. The zero-order valence-corrected chi connectivity index (χ0v) is 22.7. The third-order valence-corrected chi connectivity index (χ3v) is 8.48. The molecule has 4 fully saturated rings. The molecular weight excluding hydrogens is 518 g/mol. The van der Waals surface area contributed by atoms with Crippen molar-refractivity contribution in [2.45, 2.75) is 82.3 Å². The van der Waals surface area contributed by atoms with Crippen molar-refractivity contribution in [2.24, 2.45) is 0 Å². The predicted octanol–water partition coefficient (Wildman–Crippen LogP) is 4.36. The minimum atomic E-state index is -0.883. The number of fused-ring (bicyclic) bond motifs is 4. The second-order valence-corrected chi connectivity index (χ2v) is 12.4. The summed E-state index contributed by atoms with van der Waals surface area (Å²) in [5.74, 6) is -0.247. The van der Waals surface area contributed by atoms with Crippen LogP contribution < -0.4 is 9.64 Å². The van der Waals surface area contributed by atoms with Crippen molar-refractivity contribution in [2.75, 3.05) is 37.7 Å². The number of pyridine rings is 1. The molecule has 0 saturated carbocycles. The summed E-state index contributed by atoms with van der Waals surface area (Å²) in [6.45, 7) is 8.06. The van der Waals surface area contributed by atoms with E-state index in [0.29, 0.717) is 37.3 Å². The van der Waals surface area contributed by atoms with Crippen molar-refractivity contribution >= 4 is 34.4 Å². The Morgan fingerprint density at radius 2 is 1.95 bits per heavy atom. The number of halogens is 3. The highest BCUT2D eigenvalue weighted by molar-refractivity contribution is 6.30. The van der Waals surface area contributed by atoms with Gasteiger partial charge in [0.05, 0.1) is 23.0 Å². The number of anilines is 1. The van der Waals surface area contributed by atoms with Crippen molar-refractivity contribution in [3.63, 3.8) is 0 Å². The van der Waals surface area contributed by atoms with Crippen LogP contribution in [0.25, 0.3) is 10.9 Å². The molecule has 3 unspecified atom stereocenters. The van der Waals surface area contributed by atoms with Crippen molar-refractivity contribution in [1.29, 1.82) is 0 Å². The molecule has 2 bridgehead atoms. The highest BCUT2D eigenvalue weighted by Gasteiger charge is 2.49. The zero-order chi connectivity index (χ0) is 26.8. The van der Waals surface area contributed by atoms with Gasteiger partial charge in [0.15, 0.2) is 11.0 Å². The van der Waals surface area contributed by atoms with E-state index < -0.39 is 17.6 Å². The Morgan fingerprint density at radius 3 is 2.66 bits per heavy atom. The lowest BCUT2D eigenvalue weighted by atomic mass is 9.95. The number of hydrogen-bond acceptors (Lipinski definition) is 8. The first-order valence-corrected chi connectivity index (χ1v) is 13.7. The Kier molecular flexibility index (Phi) is 6.29. The van der Waals surface area contributed by atoms with Gasteiger partial charge in [0, 0.05) is 32.3 Å². The number of nitrogens with zero attached hydrogens (tertiary/aromatic N) is 6. The van der Waals surface area contributed by atoms with E-state index in [0.717, 1.165) is 32.2 Å². The van der Waals surface area contributed by atoms with Crippen LogP contribution in [0.3, 0.4) is 0 Å². The summed E-state index contributed by atoms with van der Waals surface area (Å²) in [6.07, 6.45) is 4.20. The van der Waals surface area contributed by atoms with Crippen LogP contribution in [0, 0.1) is 5.82 Å². The Hall–Kier alpha value is -2.53. The monoisotopic (exact) mass is 550 g/mol. The molecule has 12 heteroatoms. The quantitative estimate of drug-likeness (QED) is 0.519. The first-order valence-electron chi connectivity index (χ1n) is 13.3. The molecule has 0 aliphatic carbocycles. The third kappa shape index (κ3) is 4.51. The second-order valence-electron chi connectivity index (χ2n) is 12.0. The lowest BCUT2D eigenvalue weighted by Gasteiger charge is -2.42. The Balaban J connectivity index is 1.30. The highest BCUT2D eigenvalue weighted by Crippen LogP contribution is 2.41. The molecule has 206 valence electrons. The number of hydrogen-bond donors (Lipinski definition) is 0. The largest absolute Gasteiger partial charge is 0.461 e. The number of ether oxygens (including phenoxy) is 2. The topological polar surface area (TPSA) is 83.9 Å². The van der Waals surface area contributed by atoms with Crippen LogP contribution in [0.5, 0.6) is 6.01 Å². The lowest BCUT2D eigenvalue weighted by molar-refractivity contribution is 0.0122. The molecular formula is C26H33ClF2N6O3. The first kappa shape index (κ1) is 25.7. The summed E-state index contributed by atoms with van der Waals surface area (Å²) >= 11 is 6.00. The number of alkyl halides is 1. The van der Waals surface area contributed by atoms with Gasteiger partial charge < -0.3 is 14.4 Å². The Morgan fingerprint density at radius 1 is 1.21 bits per heavy atom. The van der Waals surface area contributed by atoms with Crippen LogP contribution in [-0.4, -0.2) is 93.0 Å². The fraction of sp³-hybridized carbons (Fsp3) is 0.692. The lowest BCUT2D eigenvalue weighted by Crippen LogP contribution is -2.57. The summed E-state index contributed by atoms with van der Waals surface area (Å²) in [7, 11) is 0. The molecule has 38 heavy (non-hydrogen) atoms. The van der Waals surface area contributed by atoms with Crippen LogP contribution in [-0.2, 0) is 4.74 Å². The second kappa shape index (κ2) is 9.29. The Bertz CT molecular complexity index is 1250. The van der Waals surface area contributed by atoms with E-state index >= 15 is 4.39 Å². The van der Waals surface area contributed by atoms with Crippen LogP contribution in [0.4, 0.5) is 19.4 Å². The molecule has 9 nitrogen and oxygen atoms in total. The van der Waals surface area contributed by atoms with Gasteiger partial charge in [-0.05, 0) is 53.0 Å². The molecule has 4 atom stereocenters. The average molecular weight is 551 g/mol. The molecule has 4 saturated heterocycles. The van der Waals surface area contributed by atoms with Gasteiger partial charge in [0.1, 0.15) is 29.7 Å². The fourth-order valence-corrected chi connectivity index (χ4v) is 6.78. The molecule has 4 aliphatic heterocycles. The van der Waals surface area contributed by atoms with E-state index in [-0.39, 0.29) is 47.0 Å². The summed E-state index contributed by atoms with van der Waals surface area (Å²) in [4.78, 5) is 32.0. The summed E-state index contributed by atoms with van der Waals surface area (Å²) in [5.41, 5.74) is -0.937. The molecule has 2 aromatic rings. The van der Waals surface area contributed by atoms with E-state index in [1.54, 1.807) is 0 Å². The van der Waals surface area contributed by atoms with E-state index in [1.165, 1.54) is 6.20 Å². The van der Waals surface area contributed by atoms with E-state index in [2.05, 4.69) is 14.9 Å². The molecule has 0 radical (unpaired) electrons. The van der Waals surface area contributed by atoms with Crippen molar-refractivity contribution in [1.82, 2.24) is 24.8 Å². The summed E-state index contributed by atoms with van der Waals surface area (Å²) < 4.78 is 41.1. The van der Waals surface area contributed by atoms with Gasteiger partial charge in [-0.2, -0.15) is 9.97 Å². The molecule has 2 aromatic heterocycles. The van der Waals surface area contributed by atoms with Crippen LogP contribution >= 0.6 is 11.6 Å². The minimum absolute atomic E-state index is 0.0270. The van der Waals surface area contributed by atoms with Gasteiger partial charge in [-0.25, -0.2) is 18.6 Å².